The average molecular weight is 732 g/mol. The van der Waals surface area contributed by atoms with E-state index < -0.39 is 12.1 Å². The van der Waals surface area contributed by atoms with Crippen molar-refractivity contribution in [3.63, 3.8) is 0 Å². The Morgan fingerprint density at radius 1 is 1.06 bits per heavy atom. The summed E-state index contributed by atoms with van der Waals surface area (Å²) in [6, 6.07) is 12.2. The molecular formula is C38H43BrN4O6. The van der Waals surface area contributed by atoms with Gasteiger partial charge in [0.15, 0.2) is 11.5 Å². The minimum atomic E-state index is -0.629. The van der Waals surface area contributed by atoms with Gasteiger partial charge in [-0.25, -0.2) is 0 Å². The third kappa shape index (κ3) is 6.36. The maximum Gasteiger partial charge on any atom is 0.245 e. The molecule has 0 saturated carbocycles. The van der Waals surface area contributed by atoms with Crippen LogP contribution in [0.3, 0.4) is 0 Å². The second-order valence-electron chi connectivity index (χ2n) is 12.9. The molecule has 3 aromatic carbocycles. The molecule has 2 aliphatic rings. The molecule has 3 atom stereocenters. The summed E-state index contributed by atoms with van der Waals surface area (Å²) in [6.45, 7) is 6.61. The Morgan fingerprint density at radius 3 is 2.53 bits per heavy atom. The minimum absolute atomic E-state index is 0.0446. The number of amides is 2. The number of ether oxygens (including phenoxy) is 3. The Balaban J connectivity index is 1.41. The first-order valence-electron chi connectivity index (χ1n) is 16.7. The van der Waals surface area contributed by atoms with Gasteiger partial charge in [-0.05, 0) is 75.6 Å². The number of rotatable bonds is 9. The maximum absolute atomic E-state index is 14.3. The summed E-state index contributed by atoms with van der Waals surface area (Å²) in [6.07, 6.45) is 2.61. The molecule has 3 N–H and O–H groups in total. The fraction of sp³-hybridized carbons (Fsp3) is 0.395. The number of fused-ring (bicyclic) bond motifs is 6. The van der Waals surface area contributed by atoms with E-state index in [1.807, 2.05) is 43.0 Å². The number of para-hydroxylation sites is 1. The zero-order valence-corrected chi connectivity index (χ0v) is 30.4. The number of nitrogens with one attached hydrogen (secondary N) is 3. The first kappa shape index (κ1) is 34.4. The van der Waals surface area contributed by atoms with Crippen LogP contribution in [0.2, 0.25) is 0 Å². The summed E-state index contributed by atoms with van der Waals surface area (Å²) >= 11 is 3.65. The third-order valence-electron chi connectivity index (χ3n) is 9.98. The monoisotopic (exact) mass is 730 g/mol. The number of H-pyrrole nitrogens is 1. The number of aryl methyl sites for hydroxylation is 1. The van der Waals surface area contributed by atoms with Crippen molar-refractivity contribution in [2.24, 2.45) is 5.92 Å². The van der Waals surface area contributed by atoms with Crippen molar-refractivity contribution in [1.82, 2.24) is 15.2 Å². The lowest BCUT2D eigenvalue weighted by Gasteiger charge is -2.33. The van der Waals surface area contributed by atoms with Crippen LogP contribution in [0.1, 0.15) is 62.0 Å². The molecule has 0 bridgehead atoms. The van der Waals surface area contributed by atoms with E-state index >= 15 is 0 Å². The van der Waals surface area contributed by atoms with Crippen molar-refractivity contribution >= 4 is 44.3 Å². The number of halogens is 1. The summed E-state index contributed by atoms with van der Waals surface area (Å²) in [7, 11) is 4.71. The fourth-order valence-corrected chi connectivity index (χ4v) is 7.73. The van der Waals surface area contributed by atoms with Crippen LogP contribution in [0, 0.1) is 5.92 Å². The first-order chi connectivity index (χ1) is 23.6. The van der Waals surface area contributed by atoms with E-state index in [2.05, 4.69) is 37.6 Å². The van der Waals surface area contributed by atoms with Gasteiger partial charge < -0.3 is 34.7 Å². The van der Waals surface area contributed by atoms with E-state index in [0.717, 1.165) is 56.2 Å². The van der Waals surface area contributed by atoms with Gasteiger partial charge in [0.25, 0.3) is 0 Å². The van der Waals surface area contributed by atoms with E-state index in [0.29, 0.717) is 54.4 Å². The van der Waals surface area contributed by atoms with E-state index in [9.17, 15) is 14.4 Å². The smallest absolute Gasteiger partial charge is 0.245 e. The molecule has 258 valence electrons. The molecule has 0 spiro atoms. The van der Waals surface area contributed by atoms with Crippen molar-refractivity contribution in [2.75, 3.05) is 33.2 Å². The van der Waals surface area contributed by atoms with Crippen molar-refractivity contribution in [2.45, 2.75) is 65.1 Å². The average Bonchev–Trinajstić information content (AvgIpc) is 3.32. The number of nitrogens with zero attached hydrogens (tertiary/aromatic N) is 1. The van der Waals surface area contributed by atoms with Gasteiger partial charge in [0.05, 0.1) is 38.6 Å². The fourth-order valence-electron chi connectivity index (χ4n) is 7.26. The lowest BCUT2D eigenvalue weighted by atomic mass is 9.95. The Bertz CT molecular complexity index is 1990. The maximum atomic E-state index is 14.3. The molecular weight excluding hydrogens is 688 g/mol. The number of hydrogen-bond acceptors (Lipinski definition) is 7. The highest BCUT2D eigenvalue weighted by atomic mass is 79.9. The minimum Gasteiger partial charge on any atom is -0.493 e. The van der Waals surface area contributed by atoms with E-state index in [1.165, 1.54) is 6.92 Å². The molecule has 0 saturated heterocycles. The van der Waals surface area contributed by atoms with Crippen molar-refractivity contribution in [3.05, 3.63) is 79.5 Å². The number of hydrogen-bond donors (Lipinski definition) is 3. The number of aromatic nitrogens is 1. The van der Waals surface area contributed by atoms with Crippen molar-refractivity contribution in [1.29, 1.82) is 0 Å². The summed E-state index contributed by atoms with van der Waals surface area (Å²) in [5.74, 6) is 1.15. The number of anilines is 1. The normalized spacial score (nSPS) is 16.4. The molecule has 6 rings (SSSR count). The SMILES string of the molecule is CCC(C)C(Nc1ccc2c(cc1=O)C(NC(C)=O)CCc1cc(OC)c(OC)c(OC)c1-2)C(=O)N1CCc2[nH]c3c(Br)cccc3c2C1. The molecule has 3 unspecified atom stereocenters. The predicted octanol–water partition coefficient (Wildman–Crippen LogP) is 6.52. The lowest BCUT2D eigenvalue weighted by molar-refractivity contribution is -0.134. The Morgan fingerprint density at radius 2 is 1.84 bits per heavy atom. The van der Waals surface area contributed by atoms with Crippen LogP contribution in [0.5, 0.6) is 17.2 Å². The van der Waals surface area contributed by atoms with Gasteiger partial charge in [0.2, 0.25) is 23.0 Å². The van der Waals surface area contributed by atoms with Crippen LogP contribution in [0.4, 0.5) is 5.69 Å². The highest BCUT2D eigenvalue weighted by Gasteiger charge is 2.33. The molecule has 4 aromatic rings. The van der Waals surface area contributed by atoms with Crippen LogP contribution < -0.4 is 30.3 Å². The van der Waals surface area contributed by atoms with Gasteiger partial charge in [-0.3, -0.25) is 14.4 Å². The zero-order valence-electron chi connectivity index (χ0n) is 28.8. The van der Waals surface area contributed by atoms with Gasteiger partial charge >= 0.3 is 0 Å². The van der Waals surface area contributed by atoms with Gasteiger partial charge in [0.1, 0.15) is 6.04 Å². The molecule has 11 heteroatoms. The van der Waals surface area contributed by atoms with Crippen LogP contribution in [-0.4, -0.2) is 55.6 Å². The van der Waals surface area contributed by atoms with Crippen molar-refractivity contribution < 1.29 is 23.8 Å². The number of methoxy groups -OCH3 is 3. The molecule has 49 heavy (non-hydrogen) atoms. The standard InChI is InChI=1S/C38H43BrN4O6/c1-7-20(2)34(38(46)43-16-15-29-26(19-43)24-9-8-10-27(39)35(24)41-29)42-30-14-12-23-25(18-31(30)45)28(40-21(3)44)13-11-22-17-32(47-4)36(48-5)37(49-6)33(22)23/h8-10,12,14,17-18,20,28,34,41H,7,11,13,15-16,19H2,1-6H3,(H,40,44)(H,42,45). The molecule has 1 aromatic heterocycles. The van der Waals surface area contributed by atoms with E-state index in [1.54, 1.807) is 33.5 Å². The highest BCUT2D eigenvalue weighted by Crippen LogP contribution is 2.50. The van der Waals surface area contributed by atoms with Crippen LogP contribution >= 0.6 is 15.9 Å². The zero-order chi connectivity index (χ0) is 35.0. The number of aromatic amines is 1. The second-order valence-corrected chi connectivity index (χ2v) is 13.7. The van der Waals surface area contributed by atoms with Gasteiger partial charge in [0, 0.05) is 53.1 Å². The van der Waals surface area contributed by atoms with Crippen LogP contribution in [0.25, 0.3) is 22.0 Å². The largest absolute Gasteiger partial charge is 0.493 e. The molecule has 0 fully saturated rings. The van der Waals surface area contributed by atoms with Crippen LogP contribution in [0.15, 0.2) is 51.7 Å². The number of carbonyl (C=O) groups is 2. The van der Waals surface area contributed by atoms with Gasteiger partial charge in [-0.15, -0.1) is 0 Å². The van der Waals surface area contributed by atoms with Crippen molar-refractivity contribution in [3.8, 4) is 28.4 Å². The quantitative estimate of drug-likeness (QED) is 0.179. The van der Waals surface area contributed by atoms with E-state index in [-0.39, 0.29) is 23.2 Å². The lowest BCUT2D eigenvalue weighted by Crippen LogP contribution is -2.48. The van der Waals surface area contributed by atoms with Gasteiger partial charge in [-0.1, -0.05) is 38.5 Å². The molecule has 2 heterocycles. The number of carbonyl (C=O) groups excluding carboxylic acids is 2. The molecule has 10 nitrogen and oxygen atoms in total. The molecule has 2 amide bonds. The molecule has 1 aliphatic heterocycles. The summed E-state index contributed by atoms with van der Waals surface area (Å²) in [4.78, 5) is 46.2. The summed E-state index contributed by atoms with van der Waals surface area (Å²) in [5, 5.41) is 7.54. The summed E-state index contributed by atoms with van der Waals surface area (Å²) in [5.41, 5.74) is 6.46. The Labute approximate surface area is 294 Å². The molecule has 1 aliphatic carbocycles. The van der Waals surface area contributed by atoms with Gasteiger partial charge in [-0.2, -0.15) is 0 Å². The molecule has 0 radical (unpaired) electrons. The summed E-state index contributed by atoms with van der Waals surface area (Å²) < 4.78 is 18.3. The van der Waals surface area contributed by atoms with E-state index in [4.69, 9.17) is 14.2 Å². The van der Waals surface area contributed by atoms with Crippen LogP contribution in [-0.2, 0) is 29.0 Å². The first-order valence-corrected chi connectivity index (χ1v) is 17.5. The Kier molecular flexibility index (Phi) is 9.92. The third-order valence-corrected chi connectivity index (χ3v) is 10.6. The second kappa shape index (κ2) is 14.2. The Hall–Kier alpha value is -4.51. The highest BCUT2D eigenvalue weighted by molar-refractivity contribution is 9.10. The number of benzene rings is 2. The topological polar surface area (TPSA) is 122 Å². The predicted molar refractivity (Wildman–Crippen MR) is 195 cm³/mol.